The molecule has 11 heteroatoms. The number of methoxy groups -OCH3 is 4. The fraction of sp³-hybridized carbons (Fsp3) is 0.250. The van der Waals surface area contributed by atoms with E-state index in [9.17, 15) is 4.79 Å². The van der Waals surface area contributed by atoms with Gasteiger partial charge in [0.15, 0.2) is 17.3 Å². The number of nitrogens with zero attached hydrogens (tertiary/aromatic N) is 3. The maximum Gasteiger partial charge on any atom is 0.225 e. The van der Waals surface area contributed by atoms with Crippen LogP contribution in [0.5, 0.6) is 23.0 Å². The molecule has 0 saturated carbocycles. The first-order valence-electron chi connectivity index (χ1n) is 10.3. The predicted octanol–water partition coefficient (Wildman–Crippen LogP) is 3.94. The smallest absolute Gasteiger partial charge is 0.225 e. The van der Waals surface area contributed by atoms with Gasteiger partial charge in [0.05, 0.1) is 45.1 Å². The number of nitrogens with one attached hydrogen (secondary N) is 2. The molecule has 35 heavy (non-hydrogen) atoms. The third-order valence-electron chi connectivity index (χ3n) is 4.96. The van der Waals surface area contributed by atoms with Gasteiger partial charge in [-0.25, -0.2) is 4.98 Å². The fourth-order valence-corrected chi connectivity index (χ4v) is 3.54. The zero-order valence-electron chi connectivity index (χ0n) is 19.6. The number of benzene rings is 2. The highest BCUT2D eigenvalue weighted by molar-refractivity contribution is 6.32. The number of ketones is 1. The molecule has 0 amide bonds. The van der Waals surface area contributed by atoms with Crippen molar-refractivity contribution in [3.05, 3.63) is 58.2 Å². The van der Waals surface area contributed by atoms with Crippen LogP contribution in [-0.4, -0.2) is 50.7 Å². The number of rotatable bonds is 11. The summed E-state index contributed by atoms with van der Waals surface area (Å²) in [7, 11) is 5.96. The Kier molecular flexibility index (Phi) is 8.53. The zero-order chi connectivity index (χ0) is 25.4. The van der Waals surface area contributed by atoms with Gasteiger partial charge in [-0.3, -0.25) is 4.79 Å². The van der Waals surface area contributed by atoms with E-state index in [0.29, 0.717) is 34.6 Å². The Balaban J connectivity index is 1.99. The minimum Gasteiger partial charge on any atom is -0.495 e. The summed E-state index contributed by atoms with van der Waals surface area (Å²) < 4.78 is 21.3. The van der Waals surface area contributed by atoms with Gasteiger partial charge in [0.2, 0.25) is 11.7 Å². The number of hydrogen-bond donors (Lipinski definition) is 2. The van der Waals surface area contributed by atoms with Gasteiger partial charge in [0.25, 0.3) is 0 Å². The average Bonchev–Trinajstić information content (AvgIpc) is 2.89. The summed E-state index contributed by atoms with van der Waals surface area (Å²) in [5.74, 6) is 1.70. The maximum absolute atomic E-state index is 13.5. The number of carbonyl (C=O) groups is 1. The molecule has 10 nitrogen and oxygen atoms in total. The highest BCUT2D eigenvalue weighted by atomic mass is 35.5. The molecule has 3 rings (SSSR count). The number of carbonyl (C=O) groups excluding carboxylic acids is 1. The molecule has 0 fully saturated rings. The van der Waals surface area contributed by atoms with Crippen LogP contribution in [0.1, 0.15) is 21.5 Å². The summed E-state index contributed by atoms with van der Waals surface area (Å²) in [5, 5.41) is 15.3. The Labute approximate surface area is 207 Å². The molecule has 0 aliphatic carbocycles. The third-order valence-corrected chi connectivity index (χ3v) is 5.26. The second-order valence-electron chi connectivity index (χ2n) is 7.03. The average molecular weight is 498 g/mol. The Morgan fingerprint density at radius 3 is 2.26 bits per heavy atom. The number of halogens is 1. The normalized spacial score (nSPS) is 10.2. The Bertz CT molecular complexity index is 1240. The minimum absolute atomic E-state index is 0.00764. The predicted molar refractivity (Wildman–Crippen MR) is 131 cm³/mol. The number of nitriles is 1. The molecule has 1 aromatic heterocycles. The summed E-state index contributed by atoms with van der Waals surface area (Å²) in [6, 6.07) is 10.4. The number of hydrogen-bond acceptors (Lipinski definition) is 10. The van der Waals surface area contributed by atoms with Gasteiger partial charge in [0.1, 0.15) is 18.1 Å². The van der Waals surface area contributed by atoms with E-state index in [1.807, 2.05) is 12.1 Å². The van der Waals surface area contributed by atoms with Crippen LogP contribution in [0.2, 0.25) is 5.02 Å². The first-order chi connectivity index (χ1) is 16.9. The van der Waals surface area contributed by atoms with Crippen molar-refractivity contribution >= 4 is 29.2 Å². The number of aromatic nitrogens is 2. The van der Waals surface area contributed by atoms with E-state index >= 15 is 0 Å². The van der Waals surface area contributed by atoms with E-state index in [1.54, 1.807) is 24.3 Å². The van der Waals surface area contributed by atoms with E-state index in [0.717, 1.165) is 5.56 Å². The summed E-state index contributed by atoms with van der Waals surface area (Å²) in [6.07, 6.45) is 1.39. The van der Waals surface area contributed by atoms with Crippen LogP contribution in [0.3, 0.4) is 0 Å². The lowest BCUT2D eigenvalue weighted by atomic mass is 10.0. The SMILES string of the molecule is COc1ccc(CNc2nc(NCC#N)ncc2C(=O)c2cc(OC)c(OC)c(OC)c2)cc1Cl. The van der Waals surface area contributed by atoms with Crippen molar-refractivity contribution in [2.45, 2.75) is 6.54 Å². The summed E-state index contributed by atoms with van der Waals surface area (Å²) in [6.45, 7) is 0.321. The molecule has 2 aromatic carbocycles. The molecule has 0 unspecified atom stereocenters. The second-order valence-corrected chi connectivity index (χ2v) is 7.44. The van der Waals surface area contributed by atoms with Gasteiger partial charge in [-0.05, 0) is 29.8 Å². The van der Waals surface area contributed by atoms with Gasteiger partial charge in [0, 0.05) is 18.3 Å². The molecular formula is C24H24ClN5O5. The van der Waals surface area contributed by atoms with Crippen molar-refractivity contribution in [2.24, 2.45) is 0 Å². The lowest BCUT2D eigenvalue weighted by molar-refractivity contribution is 0.103. The van der Waals surface area contributed by atoms with Crippen LogP contribution in [0.15, 0.2) is 36.5 Å². The molecule has 0 atom stereocenters. The van der Waals surface area contributed by atoms with Gasteiger partial charge in [-0.15, -0.1) is 0 Å². The standard InChI is InChI=1S/C24H24ClN5O5/c1-32-18-6-5-14(9-17(18)25)12-28-23-16(13-29-24(30-23)27-8-7-26)21(31)15-10-19(33-2)22(35-4)20(11-15)34-3/h5-6,9-11,13H,8,12H2,1-4H3,(H2,27,28,29,30). The molecule has 1 heterocycles. The second kappa shape index (κ2) is 11.8. The highest BCUT2D eigenvalue weighted by Crippen LogP contribution is 2.39. The van der Waals surface area contributed by atoms with E-state index in [4.69, 9.17) is 35.8 Å². The minimum atomic E-state index is -0.369. The lowest BCUT2D eigenvalue weighted by Gasteiger charge is -2.15. The van der Waals surface area contributed by atoms with Gasteiger partial charge in [-0.1, -0.05) is 17.7 Å². The number of ether oxygens (including phenoxy) is 4. The van der Waals surface area contributed by atoms with Gasteiger partial charge in [-0.2, -0.15) is 10.2 Å². The first-order valence-corrected chi connectivity index (χ1v) is 10.7. The zero-order valence-corrected chi connectivity index (χ0v) is 20.4. The van der Waals surface area contributed by atoms with Crippen molar-refractivity contribution in [1.29, 1.82) is 5.26 Å². The third kappa shape index (κ3) is 5.83. The van der Waals surface area contributed by atoms with Crippen LogP contribution in [0.4, 0.5) is 11.8 Å². The van der Waals surface area contributed by atoms with E-state index in [-0.39, 0.29) is 35.2 Å². The molecule has 0 aliphatic rings. The quantitative estimate of drug-likeness (QED) is 0.297. The lowest BCUT2D eigenvalue weighted by Crippen LogP contribution is -2.13. The highest BCUT2D eigenvalue weighted by Gasteiger charge is 2.21. The summed E-state index contributed by atoms with van der Waals surface area (Å²) in [5.41, 5.74) is 1.34. The van der Waals surface area contributed by atoms with Crippen molar-refractivity contribution in [1.82, 2.24) is 9.97 Å². The summed E-state index contributed by atoms with van der Waals surface area (Å²) >= 11 is 6.23. The van der Waals surface area contributed by atoms with Crippen molar-refractivity contribution in [2.75, 3.05) is 45.6 Å². The largest absolute Gasteiger partial charge is 0.495 e. The first kappa shape index (κ1) is 25.4. The molecule has 2 N–H and O–H groups in total. The van der Waals surface area contributed by atoms with E-state index in [1.165, 1.54) is 34.6 Å². The van der Waals surface area contributed by atoms with Crippen LogP contribution < -0.4 is 29.6 Å². The molecule has 0 bridgehead atoms. The molecule has 0 saturated heterocycles. The molecular weight excluding hydrogens is 474 g/mol. The molecule has 182 valence electrons. The van der Waals surface area contributed by atoms with Crippen LogP contribution in [0, 0.1) is 11.3 Å². The van der Waals surface area contributed by atoms with Crippen molar-refractivity contribution in [3.63, 3.8) is 0 Å². The Morgan fingerprint density at radius 2 is 1.69 bits per heavy atom. The van der Waals surface area contributed by atoms with Gasteiger partial charge >= 0.3 is 0 Å². The van der Waals surface area contributed by atoms with Crippen molar-refractivity contribution < 1.29 is 23.7 Å². The van der Waals surface area contributed by atoms with Gasteiger partial charge < -0.3 is 29.6 Å². The topological polar surface area (TPSA) is 128 Å². The molecule has 0 aliphatic heterocycles. The number of anilines is 2. The van der Waals surface area contributed by atoms with Crippen LogP contribution in [-0.2, 0) is 6.54 Å². The molecule has 0 radical (unpaired) electrons. The Hall–Kier alpha value is -4.23. The van der Waals surface area contributed by atoms with Crippen LogP contribution >= 0.6 is 11.6 Å². The van der Waals surface area contributed by atoms with E-state index in [2.05, 4.69) is 20.6 Å². The fourth-order valence-electron chi connectivity index (χ4n) is 3.26. The molecule has 3 aromatic rings. The van der Waals surface area contributed by atoms with Crippen LogP contribution in [0.25, 0.3) is 0 Å². The Morgan fingerprint density at radius 1 is 1.00 bits per heavy atom. The monoisotopic (exact) mass is 497 g/mol. The molecule has 0 spiro atoms. The van der Waals surface area contributed by atoms with Crippen molar-refractivity contribution in [3.8, 4) is 29.1 Å². The summed E-state index contributed by atoms with van der Waals surface area (Å²) in [4.78, 5) is 22.1. The maximum atomic E-state index is 13.5. The van der Waals surface area contributed by atoms with E-state index < -0.39 is 0 Å².